The molecule has 5 nitrogen and oxygen atoms in total. The van der Waals surface area contributed by atoms with Gasteiger partial charge in [-0.2, -0.15) is 26.3 Å². The molecule has 0 saturated heterocycles. The van der Waals surface area contributed by atoms with Crippen LogP contribution in [0.5, 0.6) is 0 Å². The van der Waals surface area contributed by atoms with Crippen molar-refractivity contribution in [2.45, 2.75) is 30.9 Å². The van der Waals surface area contributed by atoms with E-state index in [-0.39, 0.29) is 37.2 Å². The summed E-state index contributed by atoms with van der Waals surface area (Å²) in [7, 11) is 1.46. The molecule has 0 aliphatic carbocycles. The smallest absolute Gasteiger partial charge is 0.384 e. The van der Waals surface area contributed by atoms with E-state index < -0.39 is 35.6 Å². The predicted octanol–water partition coefficient (Wildman–Crippen LogP) is 4.22. The Morgan fingerprint density at radius 2 is 1.62 bits per heavy atom. The number of hydrogen-bond acceptors (Lipinski definition) is 4. The van der Waals surface area contributed by atoms with Gasteiger partial charge in [-0.15, -0.1) is 0 Å². The minimum absolute atomic E-state index is 0.182. The molecule has 2 rings (SSSR count). The Morgan fingerprint density at radius 1 is 1.00 bits per heavy atom. The van der Waals surface area contributed by atoms with Gasteiger partial charge in [0.15, 0.2) is 0 Å². The van der Waals surface area contributed by atoms with E-state index in [4.69, 9.17) is 4.74 Å². The normalized spacial score (nSPS) is 14.0. The average Bonchev–Trinajstić information content (AvgIpc) is 2.74. The standard InChI is InChI=1S/C21H22F6N2O3/c1-32-10-9-18(30)28-12-14-5-7-17(8-6-14)29-13-19(31,21(25,26)27)15-3-2-4-16(11-15)20(22,23)24/h2-8,11,29,31H,9-10,12-13H2,1H3,(H,28,30)/t19-/m1/s1. The summed E-state index contributed by atoms with van der Waals surface area (Å²) in [6.45, 7) is -0.646. The number of nitrogens with one attached hydrogen (secondary N) is 2. The zero-order valence-electron chi connectivity index (χ0n) is 17.0. The maximum atomic E-state index is 13.6. The van der Waals surface area contributed by atoms with Crippen LogP contribution in [0.4, 0.5) is 32.0 Å². The van der Waals surface area contributed by atoms with Crippen molar-refractivity contribution in [3.05, 3.63) is 65.2 Å². The molecule has 1 atom stereocenters. The topological polar surface area (TPSA) is 70.6 Å². The van der Waals surface area contributed by atoms with Crippen molar-refractivity contribution < 1.29 is 41.0 Å². The van der Waals surface area contributed by atoms with E-state index in [1.54, 1.807) is 12.1 Å². The van der Waals surface area contributed by atoms with Crippen LogP contribution in [0.15, 0.2) is 48.5 Å². The van der Waals surface area contributed by atoms with Crippen LogP contribution in [-0.4, -0.2) is 37.5 Å². The number of carbonyl (C=O) groups excluding carboxylic acids is 1. The first kappa shape index (κ1) is 25.5. The van der Waals surface area contributed by atoms with Crippen molar-refractivity contribution in [2.24, 2.45) is 0 Å². The van der Waals surface area contributed by atoms with E-state index in [9.17, 15) is 36.2 Å². The fourth-order valence-corrected chi connectivity index (χ4v) is 2.77. The highest BCUT2D eigenvalue weighted by Gasteiger charge is 2.55. The van der Waals surface area contributed by atoms with Crippen LogP contribution in [0, 0.1) is 0 Å². The maximum Gasteiger partial charge on any atom is 0.423 e. The van der Waals surface area contributed by atoms with Crippen LogP contribution >= 0.6 is 0 Å². The first-order valence-electron chi connectivity index (χ1n) is 9.42. The Morgan fingerprint density at radius 3 is 2.19 bits per heavy atom. The highest BCUT2D eigenvalue weighted by molar-refractivity contribution is 5.75. The molecule has 11 heteroatoms. The van der Waals surface area contributed by atoms with Crippen molar-refractivity contribution in [3.63, 3.8) is 0 Å². The van der Waals surface area contributed by atoms with E-state index in [0.717, 1.165) is 12.1 Å². The number of aliphatic hydroxyl groups is 1. The molecule has 0 bridgehead atoms. The van der Waals surface area contributed by atoms with Crippen molar-refractivity contribution >= 4 is 11.6 Å². The minimum Gasteiger partial charge on any atom is -0.384 e. The van der Waals surface area contributed by atoms with E-state index in [1.165, 1.54) is 19.2 Å². The lowest BCUT2D eigenvalue weighted by Crippen LogP contribution is -2.47. The van der Waals surface area contributed by atoms with Gasteiger partial charge in [0.25, 0.3) is 0 Å². The number of anilines is 1. The zero-order chi connectivity index (χ0) is 24.0. The number of methoxy groups -OCH3 is 1. The Labute approximate surface area is 180 Å². The van der Waals surface area contributed by atoms with E-state index in [2.05, 4.69) is 10.6 Å². The third kappa shape index (κ3) is 6.60. The molecule has 1 amide bonds. The fraction of sp³-hybridized carbons (Fsp3) is 0.381. The molecule has 176 valence electrons. The Balaban J connectivity index is 2.11. The third-order valence-electron chi connectivity index (χ3n) is 4.66. The van der Waals surface area contributed by atoms with E-state index in [0.29, 0.717) is 11.6 Å². The molecule has 0 radical (unpaired) electrons. The monoisotopic (exact) mass is 464 g/mol. The molecule has 3 N–H and O–H groups in total. The molecular weight excluding hydrogens is 442 g/mol. The molecule has 2 aromatic carbocycles. The van der Waals surface area contributed by atoms with Crippen LogP contribution < -0.4 is 10.6 Å². The molecule has 0 saturated carbocycles. The lowest BCUT2D eigenvalue weighted by molar-refractivity contribution is -0.260. The molecular formula is C21H22F6N2O3. The number of halogens is 6. The van der Waals surface area contributed by atoms with Gasteiger partial charge in [0, 0.05) is 25.8 Å². The first-order valence-corrected chi connectivity index (χ1v) is 9.42. The van der Waals surface area contributed by atoms with Gasteiger partial charge in [-0.25, -0.2) is 0 Å². The summed E-state index contributed by atoms with van der Waals surface area (Å²) in [5.41, 5.74) is -4.90. The predicted molar refractivity (Wildman–Crippen MR) is 105 cm³/mol. The van der Waals surface area contributed by atoms with E-state index >= 15 is 0 Å². The lowest BCUT2D eigenvalue weighted by atomic mass is 9.91. The molecule has 0 aromatic heterocycles. The second-order valence-electron chi connectivity index (χ2n) is 7.01. The summed E-state index contributed by atoms with van der Waals surface area (Å²) in [6, 6.07) is 8.47. The Bertz CT molecular complexity index is 900. The van der Waals surface area contributed by atoms with Gasteiger partial charge >= 0.3 is 12.4 Å². The van der Waals surface area contributed by atoms with Gasteiger partial charge in [-0.1, -0.05) is 24.3 Å². The summed E-state index contributed by atoms with van der Waals surface area (Å²) >= 11 is 0. The average molecular weight is 464 g/mol. The summed E-state index contributed by atoms with van der Waals surface area (Å²) in [5, 5.41) is 15.4. The molecule has 32 heavy (non-hydrogen) atoms. The number of benzene rings is 2. The largest absolute Gasteiger partial charge is 0.423 e. The van der Waals surface area contributed by atoms with E-state index in [1.807, 2.05) is 0 Å². The van der Waals surface area contributed by atoms with Gasteiger partial charge in [-0.05, 0) is 35.4 Å². The minimum atomic E-state index is -5.24. The first-order chi connectivity index (χ1) is 14.9. The third-order valence-corrected chi connectivity index (χ3v) is 4.66. The lowest BCUT2D eigenvalue weighted by Gasteiger charge is -2.32. The van der Waals surface area contributed by atoms with Crippen LogP contribution in [-0.2, 0) is 27.9 Å². The second kappa shape index (κ2) is 10.2. The summed E-state index contributed by atoms with van der Waals surface area (Å²) < 4.78 is 84.4. The molecule has 0 fully saturated rings. The number of amides is 1. The molecule has 0 aliphatic heterocycles. The number of carbonyl (C=O) groups is 1. The molecule has 0 spiro atoms. The van der Waals surface area contributed by atoms with Gasteiger partial charge in [-0.3, -0.25) is 4.79 Å². The highest BCUT2D eigenvalue weighted by Crippen LogP contribution is 2.41. The molecule has 0 unspecified atom stereocenters. The highest BCUT2D eigenvalue weighted by atomic mass is 19.4. The maximum absolute atomic E-state index is 13.6. The SMILES string of the molecule is COCCC(=O)NCc1ccc(NC[C@@](O)(c2cccc(C(F)(F)F)c2)C(F)(F)F)cc1. The van der Waals surface area contributed by atoms with Crippen molar-refractivity contribution in [3.8, 4) is 0 Å². The van der Waals surface area contributed by atoms with Crippen LogP contribution in [0.3, 0.4) is 0 Å². The van der Waals surface area contributed by atoms with Crippen LogP contribution in [0.25, 0.3) is 0 Å². The van der Waals surface area contributed by atoms with Gasteiger partial charge in [0.2, 0.25) is 11.5 Å². The zero-order valence-corrected chi connectivity index (χ0v) is 17.0. The van der Waals surface area contributed by atoms with Crippen LogP contribution in [0.1, 0.15) is 23.1 Å². The number of alkyl halides is 6. The quantitative estimate of drug-likeness (QED) is 0.486. The van der Waals surface area contributed by atoms with Crippen molar-refractivity contribution in [1.82, 2.24) is 5.32 Å². The number of rotatable bonds is 9. The second-order valence-corrected chi connectivity index (χ2v) is 7.01. The van der Waals surface area contributed by atoms with Gasteiger partial charge in [0.05, 0.1) is 18.7 Å². The number of hydrogen-bond donors (Lipinski definition) is 3. The number of ether oxygens (including phenoxy) is 1. The van der Waals surface area contributed by atoms with Gasteiger partial charge < -0.3 is 20.5 Å². The fourth-order valence-electron chi connectivity index (χ4n) is 2.77. The van der Waals surface area contributed by atoms with Gasteiger partial charge in [0.1, 0.15) is 0 Å². The Hall–Kier alpha value is -2.79. The summed E-state index contributed by atoms with van der Waals surface area (Å²) in [6.07, 6.45) is -9.91. The van der Waals surface area contributed by atoms with Crippen LogP contribution in [0.2, 0.25) is 0 Å². The Kier molecular flexibility index (Phi) is 8.13. The summed E-state index contributed by atoms with van der Waals surface area (Å²) in [4.78, 5) is 11.6. The molecule has 2 aromatic rings. The van der Waals surface area contributed by atoms with Crippen molar-refractivity contribution in [2.75, 3.05) is 25.6 Å². The molecule has 0 heterocycles. The van der Waals surface area contributed by atoms with Crippen molar-refractivity contribution in [1.29, 1.82) is 0 Å². The molecule has 0 aliphatic rings. The summed E-state index contributed by atoms with van der Waals surface area (Å²) in [5.74, 6) is -0.231.